The second kappa shape index (κ2) is 7.56. The van der Waals surface area contributed by atoms with Crippen molar-refractivity contribution in [2.24, 2.45) is 0 Å². The summed E-state index contributed by atoms with van der Waals surface area (Å²) < 4.78 is 4.60. The molecule has 0 saturated heterocycles. The van der Waals surface area contributed by atoms with Gasteiger partial charge in [0.2, 0.25) is 0 Å². The van der Waals surface area contributed by atoms with Crippen LogP contribution in [0.25, 0.3) is 0 Å². The van der Waals surface area contributed by atoms with Gasteiger partial charge < -0.3 is 9.64 Å². The zero-order valence-electron chi connectivity index (χ0n) is 9.67. The van der Waals surface area contributed by atoms with Gasteiger partial charge in [-0.2, -0.15) is 0 Å². The third-order valence-corrected chi connectivity index (χ3v) is 2.30. The predicted molar refractivity (Wildman–Crippen MR) is 58.2 cm³/mol. The van der Waals surface area contributed by atoms with Crippen molar-refractivity contribution in [3.05, 3.63) is 11.6 Å². The molecule has 0 rings (SSSR count). The third-order valence-electron chi connectivity index (χ3n) is 2.30. The zero-order chi connectivity index (χ0) is 11.0. The quantitative estimate of drug-likeness (QED) is 0.483. The van der Waals surface area contributed by atoms with Crippen LogP contribution >= 0.6 is 0 Å². The second-order valence-corrected chi connectivity index (χ2v) is 3.19. The van der Waals surface area contributed by atoms with Gasteiger partial charge in [0.15, 0.2) is 0 Å². The molecule has 0 amide bonds. The Hall–Kier alpha value is -0.830. The topological polar surface area (TPSA) is 29.5 Å². The molecule has 0 aromatic carbocycles. The average Bonchev–Trinajstić information content (AvgIpc) is 2.22. The molecule has 0 spiro atoms. The molecule has 0 radical (unpaired) electrons. The first kappa shape index (κ1) is 13.2. The first-order chi connectivity index (χ1) is 6.65. The van der Waals surface area contributed by atoms with E-state index in [0.717, 1.165) is 26.1 Å². The van der Waals surface area contributed by atoms with Gasteiger partial charge in [-0.1, -0.05) is 19.9 Å². The van der Waals surface area contributed by atoms with E-state index in [0.29, 0.717) is 5.57 Å². The Labute approximate surface area is 86.7 Å². The fraction of sp³-hybridized carbons (Fsp3) is 0.727. The van der Waals surface area contributed by atoms with Gasteiger partial charge in [0.1, 0.15) is 0 Å². The van der Waals surface area contributed by atoms with E-state index in [1.807, 2.05) is 6.08 Å². The molecule has 82 valence electrons. The smallest absolute Gasteiger partial charge is 0.333 e. The van der Waals surface area contributed by atoms with E-state index in [2.05, 4.69) is 23.5 Å². The molecular weight excluding hydrogens is 178 g/mol. The Morgan fingerprint density at radius 3 is 2.36 bits per heavy atom. The maximum absolute atomic E-state index is 11.0. The first-order valence-electron chi connectivity index (χ1n) is 5.13. The molecule has 0 aliphatic heterocycles. The lowest BCUT2D eigenvalue weighted by atomic mass is 10.2. The summed E-state index contributed by atoms with van der Waals surface area (Å²) in [6.07, 6.45) is 2.84. The summed E-state index contributed by atoms with van der Waals surface area (Å²) in [6, 6.07) is 0. The van der Waals surface area contributed by atoms with Crippen LogP contribution in [-0.2, 0) is 9.53 Å². The van der Waals surface area contributed by atoms with Gasteiger partial charge >= 0.3 is 5.97 Å². The van der Waals surface area contributed by atoms with Gasteiger partial charge in [-0.05, 0) is 26.4 Å². The van der Waals surface area contributed by atoms with E-state index in [1.165, 1.54) is 7.11 Å². The number of hydrogen-bond acceptors (Lipinski definition) is 3. The number of nitrogens with zero attached hydrogens (tertiary/aromatic N) is 1. The highest BCUT2D eigenvalue weighted by Gasteiger charge is 2.02. The molecule has 0 fully saturated rings. The highest BCUT2D eigenvalue weighted by atomic mass is 16.5. The first-order valence-corrected chi connectivity index (χ1v) is 5.13. The highest BCUT2D eigenvalue weighted by molar-refractivity contribution is 5.87. The Balaban J connectivity index is 3.85. The minimum atomic E-state index is -0.232. The van der Waals surface area contributed by atoms with Crippen molar-refractivity contribution in [3.63, 3.8) is 0 Å². The number of carbonyl (C=O) groups excluding carboxylic acids is 1. The minimum Gasteiger partial charge on any atom is -0.466 e. The van der Waals surface area contributed by atoms with Crippen molar-refractivity contribution in [2.45, 2.75) is 27.2 Å². The molecule has 0 atom stereocenters. The van der Waals surface area contributed by atoms with Gasteiger partial charge in [0.05, 0.1) is 7.11 Å². The fourth-order valence-corrected chi connectivity index (χ4v) is 1.25. The fourth-order valence-electron chi connectivity index (χ4n) is 1.25. The second-order valence-electron chi connectivity index (χ2n) is 3.19. The number of methoxy groups -OCH3 is 1. The van der Waals surface area contributed by atoms with Crippen molar-refractivity contribution < 1.29 is 9.53 Å². The van der Waals surface area contributed by atoms with Crippen LogP contribution in [0, 0.1) is 0 Å². The average molecular weight is 199 g/mol. The number of carbonyl (C=O) groups is 1. The summed E-state index contributed by atoms with van der Waals surface area (Å²) in [5.41, 5.74) is 0.694. The van der Waals surface area contributed by atoms with Crippen LogP contribution in [0.15, 0.2) is 11.6 Å². The molecule has 0 aliphatic carbocycles. The van der Waals surface area contributed by atoms with E-state index >= 15 is 0 Å². The summed E-state index contributed by atoms with van der Waals surface area (Å²) in [5, 5.41) is 0. The van der Waals surface area contributed by atoms with Gasteiger partial charge in [-0.15, -0.1) is 0 Å². The molecular formula is C11H21NO2. The van der Waals surface area contributed by atoms with Crippen LogP contribution in [0.2, 0.25) is 0 Å². The Morgan fingerprint density at radius 1 is 1.36 bits per heavy atom. The number of rotatable bonds is 6. The van der Waals surface area contributed by atoms with Crippen LogP contribution in [0.5, 0.6) is 0 Å². The summed E-state index contributed by atoms with van der Waals surface area (Å²) >= 11 is 0. The van der Waals surface area contributed by atoms with Gasteiger partial charge in [-0.3, -0.25) is 0 Å². The maximum Gasteiger partial charge on any atom is 0.333 e. The lowest BCUT2D eigenvalue weighted by Gasteiger charge is -2.16. The summed E-state index contributed by atoms with van der Waals surface area (Å²) in [4.78, 5) is 13.3. The molecule has 0 heterocycles. The summed E-state index contributed by atoms with van der Waals surface area (Å²) in [5.74, 6) is -0.232. The third kappa shape index (κ3) is 5.02. The standard InChI is InChI=1S/C11H21NO2/c1-5-12(6-2)9-7-8-10(3)11(13)14-4/h8H,5-7,9H2,1-4H3. The van der Waals surface area contributed by atoms with E-state index in [-0.39, 0.29) is 5.97 Å². The molecule has 0 aliphatic rings. The van der Waals surface area contributed by atoms with E-state index in [1.54, 1.807) is 6.92 Å². The normalized spacial score (nSPS) is 11.9. The predicted octanol–water partition coefficient (Wildman–Crippen LogP) is 1.84. The molecule has 14 heavy (non-hydrogen) atoms. The van der Waals surface area contributed by atoms with Crippen molar-refractivity contribution in [1.29, 1.82) is 0 Å². The summed E-state index contributed by atoms with van der Waals surface area (Å²) in [7, 11) is 1.41. The number of hydrogen-bond donors (Lipinski definition) is 0. The minimum absolute atomic E-state index is 0.232. The van der Waals surface area contributed by atoms with Crippen LogP contribution in [0.3, 0.4) is 0 Å². The maximum atomic E-state index is 11.0. The van der Waals surface area contributed by atoms with Crippen molar-refractivity contribution in [3.8, 4) is 0 Å². The van der Waals surface area contributed by atoms with Gasteiger partial charge in [0, 0.05) is 12.1 Å². The number of ether oxygens (including phenoxy) is 1. The van der Waals surface area contributed by atoms with Crippen LogP contribution < -0.4 is 0 Å². The monoisotopic (exact) mass is 199 g/mol. The Bertz CT molecular complexity index is 195. The molecule has 0 saturated carbocycles. The molecule has 0 N–H and O–H groups in total. The van der Waals surface area contributed by atoms with E-state index < -0.39 is 0 Å². The molecule has 0 bridgehead atoms. The molecule has 0 aromatic heterocycles. The van der Waals surface area contributed by atoms with Crippen molar-refractivity contribution >= 4 is 5.97 Å². The number of esters is 1. The van der Waals surface area contributed by atoms with Crippen LogP contribution in [0.4, 0.5) is 0 Å². The molecule has 3 nitrogen and oxygen atoms in total. The molecule has 0 unspecified atom stereocenters. The van der Waals surface area contributed by atoms with Crippen molar-refractivity contribution in [2.75, 3.05) is 26.7 Å². The largest absolute Gasteiger partial charge is 0.466 e. The highest BCUT2D eigenvalue weighted by Crippen LogP contribution is 1.99. The lowest BCUT2D eigenvalue weighted by Crippen LogP contribution is -2.23. The Morgan fingerprint density at radius 2 is 1.93 bits per heavy atom. The zero-order valence-corrected chi connectivity index (χ0v) is 9.67. The Kier molecular flexibility index (Phi) is 7.11. The lowest BCUT2D eigenvalue weighted by molar-refractivity contribution is -0.136. The SMILES string of the molecule is CCN(CC)CCC=C(C)C(=O)OC. The molecule has 3 heteroatoms. The van der Waals surface area contributed by atoms with Gasteiger partial charge in [-0.25, -0.2) is 4.79 Å². The van der Waals surface area contributed by atoms with E-state index in [4.69, 9.17) is 0 Å². The van der Waals surface area contributed by atoms with Gasteiger partial charge in [0.25, 0.3) is 0 Å². The summed E-state index contributed by atoms with van der Waals surface area (Å²) in [6.45, 7) is 9.18. The van der Waals surface area contributed by atoms with E-state index in [9.17, 15) is 4.79 Å². The van der Waals surface area contributed by atoms with Crippen molar-refractivity contribution in [1.82, 2.24) is 4.90 Å². The molecule has 0 aromatic rings. The van der Waals surface area contributed by atoms with Crippen LogP contribution in [0.1, 0.15) is 27.2 Å². The van der Waals surface area contributed by atoms with Crippen LogP contribution in [-0.4, -0.2) is 37.6 Å².